The number of para-hydroxylation sites is 3. The molecule has 0 spiro atoms. The Hall–Kier alpha value is -4.94. The van der Waals surface area contributed by atoms with E-state index in [0.717, 1.165) is 35.5 Å². The van der Waals surface area contributed by atoms with Crippen LogP contribution >= 0.6 is 12.4 Å². The summed E-state index contributed by atoms with van der Waals surface area (Å²) in [6, 6.07) is 36.8. The SMILES string of the molecule is CCn1c2ccccc2c2cc(N)ccc21.CCn1c2ccccc2c2cc(NC(=O)c3ccccc3N(C)C)ccc21.Cl. The van der Waals surface area contributed by atoms with Crippen LogP contribution in [0.3, 0.4) is 0 Å². The normalized spacial score (nSPS) is 10.9. The Morgan fingerprint density at radius 1 is 0.659 bits per heavy atom. The molecule has 224 valence electrons. The first-order chi connectivity index (χ1) is 20.9. The molecule has 0 radical (unpaired) electrons. The van der Waals surface area contributed by atoms with Crippen LogP contribution in [0.5, 0.6) is 0 Å². The summed E-state index contributed by atoms with van der Waals surface area (Å²) in [6.45, 7) is 6.21. The quantitative estimate of drug-likeness (QED) is 0.193. The van der Waals surface area contributed by atoms with Gasteiger partial charge in [-0.1, -0.05) is 48.5 Å². The number of carbonyl (C=O) groups excluding carboxylic acids is 1. The summed E-state index contributed by atoms with van der Waals surface area (Å²) < 4.78 is 4.63. The van der Waals surface area contributed by atoms with Crippen molar-refractivity contribution in [1.29, 1.82) is 0 Å². The van der Waals surface area contributed by atoms with Crippen LogP contribution in [-0.2, 0) is 13.1 Å². The van der Waals surface area contributed by atoms with Gasteiger partial charge >= 0.3 is 0 Å². The summed E-state index contributed by atoms with van der Waals surface area (Å²) in [4.78, 5) is 14.8. The van der Waals surface area contributed by atoms with Gasteiger partial charge in [-0.2, -0.15) is 0 Å². The Balaban J connectivity index is 0.000000193. The third-order valence-corrected chi connectivity index (χ3v) is 8.09. The molecule has 0 bridgehead atoms. The van der Waals surface area contributed by atoms with Gasteiger partial charge in [0.2, 0.25) is 0 Å². The predicted octanol–water partition coefficient (Wildman–Crippen LogP) is 8.95. The van der Waals surface area contributed by atoms with Gasteiger partial charge in [-0.15, -0.1) is 12.4 Å². The molecule has 0 aliphatic heterocycles. The number of nitrogens with two attached hydrogens (primary N) is 1. The Labute approximate surface area is 264 Å². The average molecular weight is 604 g/mol. The predicted molar refractivity (Wildman–Crippen MR) is 191 cm³/mol. The van der Waals surface area contributed by atoms with Crippen molar-refractivity contribution < 1.29 is 4.79 Å². The van der Waals surface area contributed by atoms with E-state index in [1.807, 2.05) is 55.4 Å². The second-order valence-electron chi connectivity index (χ2n) is 10.9. The third kappa shape index (κ3) is 5.45. The van der Waals surface area contributed by atoms with Gasteiger partial charge in [-0.05, 0) is 74.5 Å². The number of halogens is 1. The van der Waals surface area contributed by atoms with Crippen LogP contribution in [-0.4, -0.2) is 29.1 Å². The van der Waals surface area contributed by atoms with Gasteiger partial charge < -0.3 is 25.1 Å². The number of benzene rings is 5. The highest BCUT2D eigenvalue weighted by Crippen LogP contribution is 2.32. The van der Waals surface area contributed by atoms with Crippen molar-refractivity contribution >= 4 is 79.0 Å². The molecule has 1 amide bonds. The minimum atomic E-state index is -0.0992. The number of nitrogens with one attached hydrogen (secondary N) is 1. The Morgan fingerprint density at radius 2 is 1.16 bits per heavy atom. The molecule has 0 aliphatic rings. The number of anilines is 3. The lowest BCUT2D eigenvalue weighted by atomic mass is 10.1. The zero-order valence-electron chi connectivity index (χ0n) is 25.5. The van der Waals surface area contributed by atoms with E-state index in [9.17, 15) is 4.79 Å². The molecule has 0 saturated heterocycles. The fourth-order valence-electron chi connectivity index (χ4n) is 6.14. The number of rotatable bonds is 5. The van der Waals surface area contributed by atoms with Gasteiger partial charge in [-0.25, -0.2) is 0 Å². The summed E-state index contributed by atoms with van der Waals surface area (Å²) in [5.74, 6) is -0.0992. The molecule has 7 rings (SSSR count). The highest BCUT2D eigenvalue weighted by molar-refractivity contribution is 6.12. The molecule has 3 N–H and O–H groups in total. The number of aromatic nitrogens is 2. The first-order valence-electron chi connectivity index (χ1n) is 14.8. The molecule has 0 aliphatic carbocycles. The van der Waals surface area contributed by atoms with Gasteiger partial charge in [0.15, 0.2) is 0 Å². The second-order valence-corrected chi connectivity index (χ2v) is 10.9. The maximum Gasteiger partial charge on any atom is 0.257 e. The van der Waals surface area contributed by atoms with E-state index < -0.39 is 0 Å². The van der Waals surface area contributed by atoms with E-state index in [1.54, 1.807) is 0 Å². The van der Waals surface area contributed by atoms with Crippen LogP contribution in [0.25, 0.3) is 43.6 Å². The molecule has 5 aromatic carbocycles. The standard InChI is InChI=1S/C23H23N3O.C14H14N2.ClH/c1-4-26-21-12-8-5-9-17(21)19-15-16(13-14-22(19)26)24-23(27)18-10-6-7-11-20(18)25(2)3;1-2-16-13-6-4-3-5-11(13)12-9-10(15)7-8-14(12)16;/h5-15H,4H2,1-3H3,(H,24,27);3-9H,2,15H2,1H3;1H. The molecular formula is C37H38ClN5O. The summed E-state index contributed by atoms with van der Waals surface area (Å²) in [6.07, 6.45) is 0. The molecule has 0 saturated carbocycles. The van der Waals surface area contributed by atoms with Gasteiger partial charge in [0, 0.05) is 87.9 Å². The van der Waals surface area contributed by atoms with Crippen molar-refractivity contribution in [1.82, 2.24) is 9.13 Å². The molecule has 6 nitrogen and oxygen atoms in total. The van der Waals surface area contributed by atoms with E-state index in [-0.39, 0.29) is 18.3 Å². The zero-order valence-corrected chi connectivity index (χ0v) is 26.4. The van der Waals surface area contributed by atoms with Gasteiger partial charge in [0.05, 0.1) is 5.56 Å². The van der Waals surface area contributed by atoms with Crippen LogP contribution < -0.4 is 16.0 Å². The number of hydrogen-bond acceptors (Lipinski definition) is 3. The lowest BCUT2D eigenvalue weighted by molar-refractivity contribution is 0.102. The summed E-state index contributed by atoms with van der Waals surface area (Å²) in [5.41, 5.74) is 14.0. The number of nitrogen functional groups attached to an aromatic ring is 1. The largest absolute Gasteiger partial charge is 0.399 e. The Kier molecular flexibility index (Phi) is 8.83. The minimum Gasteiger partial charge on any atom is -0.399 e. The molecule has 0 atom stereocenters. The zero-order chi connectivity index (χ0) is 30.1. The second kappa shape index (κ2) is 12.7. The lowest BCUT2D eigenvalue weighted by Gasteiger charge is -2.17. The minimum absolute atomic E-state index is 0. The first-order valence-corrected chi connectivity index (χ1v) is 14.8. The fraction of sp³-hybridized carbons (Fsp3) is 0.162. The molecule has 7 heteroatoms. The average Bonchev–Trinajstić information content (AvgIpc) is 3.52. The molecule has 0 fully saturated rings. The number of fused-ring (bicyclic) bond motifs is 6. The van der Waals surface area contributed by atoms with E-state index in [2.05, 4.69) is 101 Å². The van der Waals surface area contributed by atoms with Crippen molar-refractivity contribution in [3.63, 3.8) is 0 Å². The fourth-order valence-corrected chi connectivity index (χ4v) is 6.14. The van der Waals surface area contributed by atoms with Gasteiger partial charge in [0.1, 0.15) is 0 Å². The van der Waals surface area contributed by atoms with Crippen molar-refractivity contribution in [3.8, 4) is 0 Å². The number of aryl methyl sites for hydroxylation is 2. The lowest BCUT2D eigenvalue weighted by Crippen LogP contribution is -2.18. The maximum atomic E-state index is 12.9. The topological polar surface area (TPSA) is 68.2 Å². The van der Waals surface area contributed by atoms with E-state index in [4.69, 9.17) is 5.73 Å². The van der Waals surface area contributed by atoms with E-state index >= 15 is 0 Å². The number of hydrogen-bond donors (Lipinski definition) is 2. The molecule has 2 aromatic heterocycles. The summed E-state index contributed by atoms with van der Waals surface area (Å²) in [5, 5.41) is 7.96. The van der Waals surface area contributed by atoms with Crippen LogP contribution in [0.15, 0.2) is 109 Å². The molecular weight excluding hydrogens is 566 g/mol. The first kappa shape index (κ1) is 30.5. The van der Waals surface area contributed by atoms with E-state index in [0.29, 0.717) is 5.56 Å². The van der Waals surface area contributed by atoms with Gasteiger partial charge in [-0.3, -0.25) is 4.79 Å². The third-order valence-electron chi connectivity index (χ3n) is 8.09. The molecule has 2 heterocycles. The number of carbonyl (C=O) groups is 1. The molecule has 7 aromatic rings. The van der Waals surface area contributed by atoms with Crippen molar-refractivity contribution in [2.45, 2.75) is 26.9 Å². The monoisotopic (exact) mass is 603 g/mol. The number of nitrogens with zero attached hydrogens (tertiary/aromatic N) is 3. The summed E-state index contributed by atoms with van der Waals surface area (Å²) >= 11 is 0. The van der Waals surface area contributed by atoms with Crippen molar-refractivity contribution in [2.75, 3.05) is 30.0 Å². The Morgan fingerprint density at radius 3 is 1.75 bits per heavy atom. The molecule has 0 unspecified atom stereocenters. The van der Waals surface area contributed by atoms with Crippen molar-refractivity contribution in [2.24, 2.45) is 0 Å². The Bertz CT molecular complexity index is 2110. The molecule has 44 heavy (non-hydrogen) atoms. The van der Waals surface area contributed by atoms with Crippen LogP contribution in [0.2, 0.25) is 0 Å². The maximum absolute atomic E-state index is 12.9. The van der Waals surface area contributed by atoms with Gasteiger partial charge in [0.25, 0.3) is 5.91 Å². The highest BCUT2D eigenvalue weighted by Gasteiger charge is 2.15. The van der Waals surface area contributed by atoms with Crippen LogP contribution in [0.4, 0.5) is 17.1 Å². The van der Waals surface area contributed by atoms with Crippen molar-refractivity contribution in [3.05, 3.63) is 115 Å². The van der Waals surface area contributed by atoms with Crippen LogP contribution in [0, 0.1) is 0 Å². The highest BCUT2D eigenvalue weighted by atomic mass is 35.5. The number of amides is 1. The summed E-state index contributed by atoms with van der Waals surface area (Å²) in [7, 11) is 3.88. The smallest absolute Gasteiger partial charge is 0.257 e. The van der Waals surface area contributed by atoms with Crippen LogP contribution in [0.1, 0.15) is 24.2 Å². The van der Waals surface area contributed by atoms with E-state index in [1.165, 1.54) is 38.2 Å².